The summed E-state index contributed by atoms with van der Waals surface area (Å²) < 4.78 is 1.81. The Balaban J connectivity index is 2.35. The lowest BCUT2D eigenvalue weighted by atomic mass is 10.3. The Labute approximate surface area is 81.7 Å². The highest BCUT2D eigenvalue weighted by Gasteiger charge is 2.05. The zero-order valence-corrected chi connectivity index (χ0v) is 8.67. The normalized spacial score (nSPS) is 10.3. The molecule has 0 bridgehead atoms. The van der Waals surface area contributed by atoms with Crippen LogP contribution in [0.3, 0.4) is 0 Å². The fourth-order valence-electron chi connectivity index (χ4n) is 0.899. The molecule has 1 rings (SSSR count). The van der Waals surface area contributed by atoms with E-state index in [1.54, 1.807) is 6.33 Å². The van der Waals surface area contributed by atoms with Gasteiger partial charge in [0.1, 0.15) is 12.1 Å². The van der Waals surface area contributed by atoms with Gasteiger partial charge in [-0.1, -0.05) is 18.7 Å². The second kappa shape index (κ2) is 5.01. The number of carbonyl (C=O) groups is 1. The van der Waals surface area contributed by atoms with Gasteiger partial charge < -0.3 is 4.57 Å². The third-order valence-electron chi connectivity index (χ3n) is 1.56. The van der Waals surface area contributed by atoms with Gasteiger partial charge in [0, 0.05) is 13.5 Å². The maximum absolute atomic E-state index is 11.2. The molecule has 0 aromatic carbocycles. The van der Waals surface area contributed by atoms with E-state index < -0.39 is 0 Å². The van der Waals surface area contributed by atoms with Crippen molar-refractivity contribution in [2.45, 2.75) is 24.9 Å². The van der Waals surface area contributed by atoms with E-state index in [1.165, 1.54) is 11.8 Å². The van der Waals surface area contributed by atoms with E-state index in [2.05, 4.69) is 10.2 Å². The molecule has 4 nitrogen and oxygen atoms in total. The highest BCUT2D eigenvalue weighted by Crippen LogP contribution is 2.13. The van der Waals surface area contributed by atoms with Crippen molar-refractivity contribution in [3.8, 4) is 0 Å². The molecule has 0 aliphatic rings. The zero-order chi connectivity index (χ0) is 9.68. The summed E-state index contributed by atoms with van der Waals surface area (Å²) in [6.07, 6.45) is 3.20. The zero-order valence-electron chi connectivity index (χ0n) is 7.86. The van der Waals surface area contributed by atoms with Gasteiger partial charge in [-0.3, -0.25) is 4.79 Å². The quantitative estimate of drug-likeness (QED) is 0.670. The molecule has 0 aliphatic heterocycles. The van der Waals surface area contributed by atoms with Crippen molar-refractivity contribution >= 4 is 17.5 Å². The van der Waals surface area contributed by atoms with Crippen LogP contribution in [0.15, 0.2) is 11.5 Å². The molecular formula is C8H13N3OS. The Morgan fingerprint density at radius 1 is 1.69 bits per heavy atom. The summed E-state index contributed by atoms with van der Waals surface area (Å²) in [7, 11) is 1.87. The monoisotopic (exact) mass is 199 g/mol. The van der Waals surface area contributed by atoms with Crippen molar-refractivity contribution in [3.05, 3.63) is 6.33 Å². The summed E-state index contributed by atoms with van der Waals surface area (Å²) in [5.41, 5.74) is 0. The Hall–Kier alpha value is -0.840. The fraction of sp³-hybridized carbons (Fsp3) is 0.625. The topological polar surface area (TPSA) is 47.8 Å². The lowest BCUT2D eigenvalue weighted by molar-refractivity contribution is -0.116. The number of Topliss-reactive ketones (excluding diaryl/α,β-unsaturated/α-hetero) is 1. The van der Waals surface area contributed by atoms with Crippen LogP contribution in [0.2, 0.25) is 0 Å². The minimum absolute atomic E-state index is 0.274. The maximum Gasteiger partial charge on any atom is 0.191 e. The van der Waals surface area contributed by atoms with E-state index in [-0.39, 0.29) is 5.78 Å². The van der Waals surface area contributed by atoms with Crippen molar-refractivity contribution in [2.75, 3.05) is 5.75 Å². The Morgan fingerprint density at radius 3 is 3.00 bits per heavy atom. The van der Waals surface area contributed by atoms with Crippen molar-refractivity contribution in [1.82, 2.24) is 14.8 Å². The highest BCUT2D eigenvalue weighted by molar-refractivity contribution is 7.99. The van der Waals surface area contributed by atoms with Crippen LogP contribution in [-0.2, 0) is 11.8 Å². The van der Waals surface area contributed by atoms with Crippen molar-refractivity contribution < 1.29 is 4.79 Å². The minimum Gasteiger partial charge on any atom is -0.312 e. The second-order valence-electron chi connectivity index (χ2n) is 2.80. The van der Waals surface area contributed by atoms with E-state index >= 15 is 0 Å². The van der Waals surface area contributed by atoms with Crippen molar-refractivity contribution in [3.63, 3.8) is 0 Å². The average molecular weight is 199 g/mol. The smallest absolute Gasteiger partial charge is 0.191 e. The van der Waals surface area contributed by atoms with Gasteiger partial charge in [-0.05, 0) is 6.42 Å². The number of aryl methyl sites for hydroxylation is 1. The molecule has 0 unspecified atom stereocenters. The molecule has 72 valence electrons. The summed E-state index contributed by atoms with van der Waals surface area (Å²) in [5.74, 6) is 0.774. The van der Waals surface area contributed by atoms with E-state index in [1.807, 2.05) is 18.5 Å². The molecule has 13 heavy (non-hydrogen) atoms. The predicted octanol–water partition coefficient (Wildman–Crippen LogP) is 1.28. The van der Waals surface area contributed by atoms with Crippen LogP contribution in [0.4, 0.5) is 0 Å². The summed E-state index contributed by atoms with van der Waals surface area (Å²) in [6, 6.07) is 0. The van der Waals surface area contributed by atoms with Crippen LogP contribution >= 0.6 is 11.8 Å². The molecule has 0 N–H and O–H groups in total. The number of carbonyl (C=O) groups excluding carboxylic acids is 1. The largest absolute Gasteiger partial charge is 0.312 e. The molecule has 1 heterocycles. The average Bonchev–Trinajstić information content (AvgIpc) is 2.48. The van der Waals surface area contributed by atoms with Gasteiger partial charge in [-0.25, -0.2) is 0 Å². The van der Waals surface area contributed by atoms with Gasteiger partial charge >= 0.3 is 0 Å². The number of aromatic nitrogens is 3. The molecule has 0 atom stereocenters. The fourth-order valence-corrected chi connectivity index (χ4v) is 1.69. The molecule has 1 aromatic heterocycles. The third-order valence-corrected chi connectivity index (χ3v) is 2.66. The highest BCUT2D eigenvalue weighted by atomic mass is 32.2. The number of hydrogen-bond acceptors (Lipinski definition) is 4. The van der Waals surface area contributed by atoms with Gasteiger partial charge in [-0.2, -0.15) is 0 Å². The van der Waals surface area contributed by atoms with Gasteiger partial charge in [0.25, 0.3) is 0 Å². The summed E-state index contributed by atoms with van der Waals surface area (Å²) >= 11 is 1.44. The molecule has 0 saturated carbocycles. The van der Waals surface area contributed by atoms with Crippen molar-refractivity contribution in [1.29, 1.82) is 0 Å². The Kier molecular flexibility index (Phi) is 3.95. The molecule has 0 amide bonds. The Morgan fingerprint density at radius 2 is 2.46 bits per heavy atom. The number of rotatable bonds is 5. The Bertz CT molecular complexity index is 285. The SMILES string of the molecule is CCCC(=O)CSc1nncn1C. The molecule has 5 heteroatoms. The lowest BCUT2D eigenvalue weighted by Crippen LogP contribution is -2.01. The van der Waals surface area contributed by atoms with Gasteiger partial charge in [0.2, 0.25) is 0 Å². The van der Waals surface area contributed by atoms with Crippen LogP contribution in [-0.4, -0.2) is 26.3 Å². The number of nitrogens with zero attached hydrogens (tertiary/aromatic N) is 3. The van der Waals surface area contributed by atoms with Gasteiger partial charge in [0.05, 0.1) is 5.75 Å². The molecule has 1 aromatic rings. The van der Waals surface area contributed by atoms with E-state index in [0.29, 0.717) is 12.2 Å². The van der Waals surface area contributed by atoms with E-state index in [4.69, 9.17) is 0 Å². The van der Waals surface area contributed by atoms with Gasteiger partial charge in [-0.15, -0.1) is 10.2 Å². The van der Waals surface area contributed by atoms with Crippen LogP contribution in [0, 0.1) is 0 Å². The van der Waals surface area contributed by atoms with Gasteiger partial charge in [0.15, 0.2) is 5.16 Å². The molecule has 0 saturated heterocycles. The molecule has 0 spiro atoms. The molecular weight excluding hydrogens is 186 g/mol. The molecule has 0 radical (unpaired) electrons. The summed E-state index contributed by atoms with van der Waals surface area (Å²) in [6.45, 7) is 2.00. The third kappa shape index (κ3) is 3.18. The summed E-state index contributed by atoms with van der Waals surface area (Å²) in [5, 5.41) is 8.39. The van der Waals surface area contributed by atoms with Crippen LogP contribution in [0.1, 0.15) is 19.8 Å². The van der Waals surface area contributed by atoms with E-state index in [0.717, 1.165) is 11.6 Å². The van der Waals surface area contributed by atoms with Crippen LogP contribution < -0.4 is 0 Å². The number of thioether (sulfide) groups is 1. The standard InChI is InChI=1S/C8H13N3OS/c1-3-4-7(12)5-13-8-10-9-6-11(8)2/h6H,3-5H2,1-2H3. The first kappa shape index (κ1) is 10.2. The minimum atomic E-state index is 0.274. The maximum atomic E-state index is 11.2. The first-order chi connectivity index (χ1) is 6.24. The van der Waals surface area contributed by atoms with Crippen LogP contribution in [0.25, 0.3) is 0 Å². The first-order valence-corrected chi connectivity index (χ1v) is 5.21. The van der Waals surface area contributed by atoms with Crippen LogP contribution in [0.5, 0.6) is 0 Å². The lowest BCUT2D eigenvalue weighted by Gasteiger charge is -1.98. The molecule has 0 aliphatic carbocycles. The first-order valence-electron chi connectivity index (χ1n) is 4.22. The number of ketones is 1. The number of hydrogen-bond donors (Lipinski definition) is 0. The second-order valence-corrected chi connectivity index (χ2v) is 3.74. The van der Waals surface area contributed by atoms with E-state index in [9.17, 15) is 4.79 Å². The van der Waals surface area contributed by atoms with Crippen molar-refractivity contribution in [2.24, 2.45) is 7.05 Å². The summed E-state index contributed by atoms with van der Waals surface area (Å²) in [4.78, 5) is 11.2. The predicted molar refractivity (Wildman–Crippen MR) is 51.6 cm³/mol. The molecule has 0 fully saturated rings.